The highest BCUT2D eigenvalue weighted by Crippen LogP contribution is 2.33. The van der Waals surface area contributed by atoms with Crippen molar-refractivity contribution >= 4 is 28.5 Å². The van der Waals surface area contributed by atoms with Gasteiger partial charge in [-0.1, -0.05) is 12.1 Å². The minimum atomic E-state index is -2.98. The minimum absolute atomic E-state index is 0.0901. The first kappa shape index (κ1) is 19.1. The molecule has 1 aromatic heterocycles. The van der Waals surface area contributed by atoms with Crippen LogP contribution in [0.15, 0.2) is 35.9 Å². The highest BCUT2D eigenvalue weighted by Gasteiger charge is 2.21. The van der Waals surface area contributed by atoms with Crippen molar-refractivity contribution in [2.45, 2.75) is 6.61 Å². The number of carbonyl (C=O) groups is 1. The van der Waals surface area contributed by atoms with Crippen LogP contribution in [0.25, 0.3) is 6.08 Å². The number of piperazine rings is 1. The van der Waals surface area contributed by atoms with Crippen molar-refractivity contribution in [1.82, 2.24) is 9.88 Å². The molecule has 1 fully saturated rings. The van der Waals surface area contributed by atoms with Gasteiger partial charge in [-0.3, -0.25) is 4.79 Å². The molecule has 1 aromatic carbocycles. The van der Waals surface area contributed by atoms with Crippen molar-refractivity contribution in [1.29, 1.82) is 0 Å². The summed E-state index contributed by atoms with van der Waals surface area (Å²) >= 11 is 1.57. The quantitative estimate of drug-likeness (QED) is 0.704. The summed E-state index contributed by atoms with van der Waals surface area (Å²) in [6.45, 7) is -0.441. The van der Waals surface area contributed by atoms with Gasteiger partial charge in [0.2, 0.25) is 5.91 Å². The molecule has 1 amide bonds. The number of anilines is 1. The van der Waals surface area contributed by atoms with Crippen molar-refractivity contribution in [3.05, 3.63) is 41.4 Å². The number of hydrogen-bond acceptors (Lipinski definition) is 6. The lowest BCUT2D eigenvalue weighted by molar-refractivity contribution is -0.126. The molecule has 9 heteroatoms. The van der Waals surface area contributed by atoms with Crippen LogP contribution in [0.5, 0.6) is 11.5 Å². The van der Waals surface area contributed by atoms with Crippen LogP contribution < -0.4 is 14.4 Å². The molecular weight excluding hydrogens is 376 g/mol. The summed E-state index contributed by atoms with van der Waals surface area (Å²) in [6.07, 6.45) is 4.59. The van der Waals surface area contributed by atoms with Gasteiger partial charge in [-0.25, -0.2) is 4.98 Å². The van der Waals surface area contributed by atoms with Gasteiger partial charge in [0, 0.05) is 49.4 Å². The fourth-order valence-electron chi connectivity index (χ4n) is 2.80. The number of ether oxygens (including phenoxy) is 2. The molecule has 27 heavy (non-hydrogen) atoms. The number of alkyl halides is 2. The highest BCUT2D eigenvalue weighted by atomic mass is 32.1. The smallest absolute Gasteiger partial charge is 0.387 e. The number of amides is 1. The van der Waals surface area contributed by atoms with Gasteiger partial charge in [0.05, 0.1) is 7.11 Å². The fraction of sp³-hybridized carbons (Fsp3) is 0.333. The summed E-state index contributed by atoms with van der Waals surface area (Å²) in [7, 11) is 1.37. The Balaban J connectivity index is 1.65. The molecule has 0 unspecified atom stereocenters. The molecule has 1 aliphatic heterocycles. The zero-order valence-electron chi connectivity index (χ0n) is 14.7. The van der Waals surface area contributed by atoms with Gasteiger partial charge >= 0.3 is 6.61 Å². The Labute approximate surface area is 159 Å². The molecule has 0 radical (unpaired) electrons. The molecule has 6 nitrogen and oxygen atoms in total. The first-order valence-electron chi connectivity index (χ1n) is 8.31. The van der Waals surface area contributed by atoms with Crippen molar-refractivity contribution in [2.75, 3.05) is 38.2 Å². The second-order valence-electron chi connectivity index (χ2n) is 5.72. The SMILES string of the molecule is COc1cccc(/C=C/C(=O)N2CCN(c3nccs3)CC2)c1OC(F)F. The fourth-order valence-corrected chi connectivity index (χ4v) is 3.49. The van der Waals surface area contributed by atoms with Crippen molar-refractivity contribution < 1.29 is 23.0 Å². The van der Waals surface area contributed by atoms with Crippen LogP contribution in [-0.4, -0.2) is 55.7 Å². The number of aromatic nitrogens is 1. The molecule has 0 N–H and O–H groups in total. The average molecular weight is 395 g/mol. The van der Waals surface area contributed by atoms with Crippen LogP contribution in [-0.2, 0) is 4.79 Å². The molecule has 2 heterocycles. The van der Waals surface area contributed by atoms with Gasteiger partial charge in [-0.2, -0.15) is 8.78 Å². The average Bonchev–Trinajstić information content (AvgIpc) is 3.21. The summed E-state index contributed by atoms with van der Waals surface area (Å²) in [6, 6.07) is 4.76. The molecule has 1 aliphatic rings. The Kier molecular flexibility index (Phi) is 6.23. The maximum absolute atomic E-state index is 12.7. The lowest BCUT2D eigenvalue weighted by Crippen LogP contribution is -2.48. The molecule has 2 aromatic rings. The van der Waals surface area contributed by atoms with Gasteiger partial charge in [0.1, 0.15) is 0 Å². The van der Waals surface area contributed by atoms with Crippen molar-refractivity contribution in [3.8, 4) is 11.5 Å². The van der Waals surface area contributed by atoms with E-state index in [2.05, 4.69) is 14.6 Å². The zero-order valence-corrected chi connectivity index (χ0v) is 15.5. The Bertz CT molecular complexity index is 791. The van der Waals surface area contributed by atoms with E-state index < -0.39 is 6.61 Å². The van der Waals surface area contributed by atoms with Crippen LogP contribution >= 0.6 is 11.3 Å². The number of para-hydroxylation sites is 1. The van der Waals surface area contributed by atoms with Crippen molar-refractivity contribution in [3.63, 3.8) is 0 Å². The summed E-state index contributed by atoms with van der Waals surface area (Å²) < 4.78 is 35.0. The number of nitrogens with zero attached hydrogens (tertiary/aromatic N) is 3. The van der Waals surface area contributed by atoms with E-state index in [1.54, 1.807) is 34.6 Å². The Morgan fingerprint density at radius 2 is 2.07 bits per heavy atom. The number of rotatable bonds is 6. The van der Waals surface area contributed by atoms with Gasteiger partial charge < -0.3 is 19.3 Å². The second kappa shape index (κ2) is 8.81. The maximum Gasteiger partial charge on any atom is 0.387 e. The van der Waals surface area contributed by atoms with Crippen LogP contribution in [0.4, 0.5) is 13.9 Å². The maximum atomic E-state index is 12.7. The molecule has 0 saturated carbocycles. The second-order valence-corrected chi connectivity index (χ2v) is 6.59. The van der Waals surface area contributed by atoms with Crippen LogP contribution in [0.2, 0.25) is 0 Å². The number of hydrogen-bond donors (Lipinski definition) is 0. The van der Waals surface area contributed by atoms with E-state index in [9.17, 15) is 13.6 Å². The van der Waals surface area contributed by atoms with E-state index in [1.807, 2.05) is 5.38 Å². The molecule has 0 bridgehead atoms. The van der Waals surface area contributed by atoms with E-state index in [0.717, 1.165) is 5.13 Å². The largest absolute Gasteiger partial charge is 0.493 e. The topological polar surface area (TPSA) is 54.9 Å². The summed E-state index contributed by atoms with van der Waals surface area (Å²) in [5.74, 6) is -0.0887. The summed E-state index contributed by atoms with van der Waals surface area (Å²) in [5.41, 5.74) is 0.351. The minimum Gasteiger partial charge on any atom is -0.493 e. The zero-order chi connectivity index (χ0) is 19.2. The van der Waals surface area contributed by atoms with E-state index in [4.69, 9.17) is 4.74 Å². The number of benzene rings is 1. The Morgan fingerprint density at radius 1 is 1.30 bits per heavy atom. The standard InChI is InChI=1S/C18H19F2N3O3S/c1-25-14-4-2-3-13(16(14)26-17(19)20)5-6-15(24)22-8-10-23(11-9-22)18-21-7-12-27-18/h2-7,12,17H,8-11H2,1H3/b6-5+. The predicted molar refractivity (Wildman–Crippen MR) is 99.6 cm³/mol. The first-order valence-corrected chi connectivity index (χ1v) is 9.19. The molecule has 144 valence electrons. The molecule has 1 saturated heterocycles. The van der Waals surface area contributed by atoms with E-state index >= 15 is 0 Å². The van der Waals surface area contributed by atoms with Crippen LogP contribution in [0.1, 0.15) is 5.56 Å². The predicted octanol–water partition coefficient (Wildman–Crippen LogP) is 3.12. The van der Waals surface area contributed by atoms with Crippen LogP contribution in [0, 0.1) is 0 Å². The number of methoxy groups -OCH3 is 1. The first-order chi connectivity index (χ1) is 13.1. The monoisotopic (exact) mass is 395 g/mol. The molecule has 3 rings (SSSR count). The third kappa shape index (κ3) is 4.73. The molecule has 0 spiro atoms. The molecular formula is C18H19F2N3O3S. The van der Waals surface area contributed by atoms with Crippen molar-refractivity contribution in [2.24, 2.45) is 0 Å². The molecule has 0 atom stereocenters. The third-order valence-electron chi connectivity index (χ3n) is 4.12. The molecule has 0 aliphatic carbocycles. The summed E-state index contributed by atoms with van der Waals surface area (Å²) in [4.78, 5) is 20.6. The lowest BCUT2D eigenvalue weighted by Gasteiger charge is -2.34. The Morgan fingerprint density at radius 3 is 2.70 bits per heavy atom. The van der Waals surface area contributed by atoms with E-state index in [1.165, 1.54) is 25.3 Å². The number of carbonyl (C=O) groups excluding carboxylic acids is 1. The normalized spacial score (nSPS) is 14.8. The van der Waals surface area contributed by atoms with Gasteiger partial charge in [-0.15, -0.1) is 11.3 Å². The number of halogens is 2. The lowest BCUT2D eigenvalue weighted by atomic mass is 10.1. The van der Waals surface area contributed by atoms with Gasteiger partial charge in [0.25, 0.3) is 0 Å². The third-order valence-corrected chi connectivity index (χ3v) is 4.96. The summed E-state index contributed by atoms with van der Waals surface area (Å²) in [5, 5.41) is 2.87. The van der Waals surface area contributed by atoms with Crippen LogP contribution in [0.3, 0.4) is 0 Å². The van der Waals surface area contributed by atoms with Gasteiger partial charge in [-0.05, 0) is 12.1 Å². The van der Waals surface area contributed by atoms with Gasteiger partial charge in [0.15, 0.2) is 16.6 Å². The number of thiazole rings is 1. The Hall–Kier alpha value is -2.68. The highest BCUT2D eigenvalue weighted by molar-refractivity contribution is 7.13. The van der Waals surface area contributed by atoms with E-state index in [0.29, 0.717) is 31.7 Å². The van der Waals surface area contributed by atoms with E-state index in [-0.39, 0.29) is 17.4 Å².